The molecule has 0 aromatic carbocycles. The van der Waals surface area contributed by atoms with E-state index in [0.29, 0.717) is 5.92 Å². The second-order valence-electron chi connectivity index (χ2n) is 3.26. The van der Waals surface area contributed by atoms with E-state index in [-0.39, 0.29) is 0 Å². The number of rotatable bonds is 5. The summed E-state index contributed by atoms with van der Waals surface area (Å²) in [5, 5.41) is 10.9. The van der Waals surface area contributed by atoms with Crippen LogP contribution in [0.4, 0.5) is 0 Å². The Morgan fingerprint density at radius 2 is 2.33 bits per heavy atom. The highest BCUT2D eigenvalue weighted by atomic mass is 15.4. The van der Waals surface area contributed by atoms with Crippen LogP contribution in [0.1, 0.15) is 13.8 Å². The Balaban J connectivity index is 2.04. The van der Waals surface area contributed by atoms with Gasteiger partial charge in [-0.05, 0) is 12.5 Å². The van der Waals surface area contributed by atoms with Crippen molar-refractivity contribution in [3.8, 4) is 0 Å². The van der Waals surface area contributed by atoms with Gasteiger partial charge in [-0.25, -0.2) is 0 Å². The lowest BCUT2D eigenvalue weighted by Gasteiger charge is -2.06. The van der Waals surface area contributed by atoms with Gasteiger partial charge in [0.2, 0.25) is 0 Å². The van der Waals surface area contributed by atoms with Crippen LogP contribution in [-0.4, -0.2) is 28.1 Å². The topological polar surface area (TPSA) is 42.7 Å². The molecule has 1 heterocycles. The van der Waals surface area contributed by atoms with Gasteiger partial charge in [0, 0.05) is 12.7 Å². The Labute approximate surface area is 73.0 Å². The Morgan fingerprint density at radius 3 is 2.92 bits per heavy atom. The first-order valence-electron chi connectivity index (χ1n) is 4.34. The Kier molecular flexibility index (Phi) is 3.73. The molecule has 1 aromatic heterocycles. The molecule has 4 nitrogen and oxygen atoms in total. The molecule has 1 N–H and O–H groups in total. The van der Waals surface area contributed by atoms with E-state index in [9.17, 15) is 0 Å². The first-order chi connectivity index (χ1) is 5.79. The summed E-state index contributed by atoms with van der Waals surface area (Å²) in [4.78, 5) is 0. The fraction of sp³-hybridized carbons (Fsp3) is 0.750. The van der Waals surface area contributed by atoms with Gasteiger partial charge in [-0.15, -0.1) is 5.10 Å². The van der Waals surface area contributed by atoms with E-state index in [1.165, 1.54) is 0 Å². The van der Waals surface area contributed by atoms with Crippen molar-refractivity contribution in [2.24, 2.45) is 5.92 Å². The van der Waals surface area contributed by atoms with Crippen LogP contribution < -0.4 is 5.32 Å². The molecule has 0 amide bonds. The maximum absolute atomic E-state index is 3.86. The SMILES string of the molecule is CC(C)CNCCn1ccnn1. The quantitative estimate of drug-likeness (QED) is 0.652. The van der Waals surface area contributed by atoms with Crippen molar-refractivity contribution < 1.29 is 0 Å². The molecule has 0 aliphatic rings. The van der Waals surface area contributed by atoms with Crippen molar-refractivity contribution >= 4 is 0 Å². The van der Waals surface area contributed by atoms with Gasteiger partial charge in [-0.3, -0.25) is 4.68 Å². The highest BCUT2D eigenvalue weighted by molar-refractivity contribution is 4.64. The third-order valence-electron chi connectivity index (χ3n) is 1.54. The van der Waals surface area contributed by atoms with E-state index in [1.807, 2.05) is 10.9 Å². The second-order valence-corrected chi connectivity index (χ2v) is 3.26. The number of hydrogen-bond donors (Lipinski definition) is 1. The Hall–Kier alpha value is -0.900. The zero-order chi connectivity index (χ0) is 8.81. The zero-order valence-electron chi connectivity index (χ0n) is 7.70. The summed E-state index contributed by atoms with van der Waals surface area (Å²) in [5.74, 6) is 0.709. The molecular weight excluding hydrogens is 152 g/mol. The van der Waals surface area contributed by atoms with Gasteiger partial charge in [0.15, 0.2) is 0 Å². The van der Waals surface area contributed by atoms with Crippen molar-refractivity contribution in [2.45, 2.75) is 20.4 Å². The lowest BCUT2D eigenvalue weighted by Crippen LogP contribution is -2.24. The van der Waals surface area contributed by atoms with Gasteiger partial charge in [0.1, 0.15) is 0 Å². The molecule has 0 bridgehead atoms. The molecule has 0 saturated heterocycles. The van der Waals surface area contributed by atoms with Gasteiger partial charge in [0.25, 0.3) is 0 Å². The molecule has 4 heteroatoms. The molecule has 0 fully saturated rings. The second kappa shape index (κ2) is 4.87. The Bertz CT molecular complexity index is 193. The summed E-state index contributed by atoms with van der Waals surface area (Å²) in [7, 11) is 0. The third-order valence-corrected chi connectivity index (χ3v) is 1.54. The maximum atomic E-state index is 3.86. The number of nitrogens with one attached hydrogen (secondary N) is 1. The molecule has 1 rings (SSSR count). The predicted molar refractivity (Wildman–Crippen MR) is 47.7 cm³/mol. The van der Waals surface area contributed by atoms with Crippen LogP contribution in [0, 0.1) is 5.92 Å². The monoisotopic (exact) mass is 168 g/mol. The number of nitrogens with zero attached hydrogens (tertiary/aromatic N) is 3. The van der Waals surface area contributed by atoms with E-state index < -0.39 is 0 Å². The van der Waals surface area contributed by atoms with Crippen LogP contribution in [0.15, 0.2) is 12.4 Å². The summed E-state index contributed by atoms with van der Waals surface area (Å²) in [5.41, 5.74) is 0. The minimum atomic E-state index is 0.709. The molecule has 0 aliphatic carbocycles. The lowest BCUT2D eigenvalue weighted by atomic mass is 10.2. The molecule has 12 heavy (non-hydrogen) atoms. The first kappa shape index (κ1) is 9.19. The highest BCUT2D eigenvalue weighted by Gasteiger charge is 1.93. The van der Waals surface area contributed by atoms with Crippen molar-refractivity contribution in [2.75, 3.05) is 13.1 Å². The number of hydrogen-bond acceptors (Lipinski definition) is 3. The van der Waals surface area contributed by atoms with E-state index in [1.54, 1.807) is 6.20 Å². The molecule has 0 spiro atoms. The summed E-state index contributed by atoms with van der Waals surface area (Å²) < 4.78 is 1.83. The fourth-order valence-electron chi connectivity index (χ4n) is 0.936. The normalized spacial score (nSPS) is 10.9. The van der Waals surface area contributed by atoms with Crippen LogP contribution in [0.2, 0.25) is 0 Å². The molecule has 1 aromatic rings. The van der Waals surface area contributed by atoms with Crippen LogP contribution in [0.25, 0.3) is 0 Å². The van der Waals surface area contributed by atoms with Gasteiger partial charge < -0.3 is 5.32 Å². The van der Waals surface area contributed by atoms with E-state index in [0.717, 1.165) is 19.6 Å². The fourth-order valence-corrected chi connectivity index (χ4v) is 0.936. The average Bonchev–Trinajstić information content (AvgIpc) is 2.49. The Morgan fingerprint density at radius 1 is 1.50 bits per heavy atom. The summed E-state index contributed by atoms with van der Waals surface area (Å²) >= 11 is 0. The van der Waals surface area contributed by atoms with Crippen LogP contribution in [0.3, 0.4) is 0 Å². The molecule has 68 valence electrons. The van der Waals surface area contributed by atoms with Crippen molar-refractivity contribution in [1.82, 2.24) is 20.3 Å². The summed E-state index contributed by atoms with van der Waals surface area (Å²) in [6.45, 7) is 7.31. The summed E-state index contributed by atoms with van der Waals surface area (Å²) in [6.07, 6.45) is 3.57. The standard InChI is InChI=1S/C8H16N4/c1-8(2)7-9-3-5-12-6-4-10-11-12/h4,6,8-9H,3,5,7H2,1-2H3. The smallest absolute Gasteiger partial charge is 0.0692 e. The van der Waals surface area contributed by atoms with Crippen molar-refractivity contribution in [3.63, 3.8) is 0 Å². The van der Waals surface area contributed by atoms with Crippen molar-refractivity contribution in [3.05, 3.63) is 12.4 Å². The van der Waals surface area contributed by atoms with E-state index >= 15 is 0 Å². The maximum Gasteiger partial charge on any atom is 0.0692 e. The first-order valence-corrected chi connectivity index (χ1v) is 4.34. The molecule has 0 aliphatic heterocycles. The molecule has 0 saturated carbocycles. The summed E-state index contributed by atoms with van der Waals surface area (Å²) in [6, 6.07) is 0. The third kappa shape index (κ3) is 3.48. The largest absolute Gasteiger partial charge is 0.315 e. The average molecular weight is 168 g/mol. The zero-order valence-corrected chi connectivity index (χ0v) is 7.70. The molecular formula is C8H16N4. The van der Waals surface area contributed by atoms with Gasteiger partial charge >= 0.3 is 0 Å². The van der Waals surface area contributed by atoms with Crippen LogP contribution in [-0.2, 0) is 6.54 Å². The van der Waals surface area contributed by atoms with Crippen LogP contribution >= 0.6 is 0 Å². The number of aromatic nitrogens is 3. The van der Waals surface area contributed by atoms with Crippen molar-refractivity contribution in [1.29, 1.82) is 0 Å². The minimum Gasteiger partial charge on any atom is -0.315 e. The van der Waals surface area contributed by atoms with Gasteiger partial charge in [-0.1, -0.05) is 19.1 Å². The minimum absolute atomic E-state index is 0.709. The van der Waals surface area contributed by atoms with Crippen LogP contribution in [0.5, 0.6) is 0 Å². The van der Waals surface area contributed by atoms with E-state index in [2.05, 4.69) is 29.5 Å². The van der Waals surface area contributed by atoms with Gasteiger partial charge in [-0.2, -0.15) is 0 Å². The molecule has 0 radical (unpaired) electrons. The van der Waals surface area contributed by atoms with Gasteiger partial charge in [0.05, 0.1) is 12.7 Å². The lowest BCUT2D eigenvalue weighted by molar-refractivity contribution is 0.499. The van der Waals surface area contributed by atoms with E-state index in [4.69, 9.17) is 0 Å². The molecule has 0 unspecified atom stereocenters. The highest BCUT2D eigenvalue weighted by Crippen LogP contribution is 1.86. The predicted octanol–water partition coefficient (Wildman–Crippen LogP) is 0.524. The molecule has 0 atom stereocenters.